The Morgan fingerprint density at radius 1 is 1.45 bits per heavy atom. The summed E-state index contributed by atoms with van der Waals surface area (Å²) in [5.41, 5.74) is 1.35. The number of halogens is 1. The molecule has 0 heterocycles. The number of hydrogen-bond donors (Lipinski definition) is 2. The van der Waals surface area contributed by atoms with Crippen LogP contribution >= 0.6 is 15.9 Å². The molecule has 20 heavy (non-hydrogen) atoms. The topological polar surface area (TPSA) is 86.7 Å². The zero-order chi connectivity index (χ0) is 15.3. The Morgan fingerprint density at radius 2 is 2.10 bits per heavy atom. The molecule has 0 saturated heterocycles. The summed E-state index contributed by atoms with van der Waals surface area (Å²) in [5, 5.41) is 8.58. The maximum atomic E-state index is 12.1. The molecule has 0 fully saturated rings. The van der Waals surface area contributed by atoms with Gasteiger partial charge in [0.1, 0.15) is 0 Å². The lowest BCUT2D eigenvalue weighted by Gasteiger charge is -2.19. The number of carbonyl (C=O) groups is 1. The summed E-state index contributed by atoms with van der Waals surface area (Å²) < 4.78 is 28.5. The second-order valence-corrected chi connectivity index (χ2v) is 6.92. The Balaban J connectivity index is 2.88. The molecule has 0 amide bonds. The van der Waals surface area contributed by atoms with Gasteiger partial charge in [-0.15, -0.1) is 0 Å². The fraction of sp³-hybridized carbons (Fsp3) is 0.417. The Bertz CT molecular complexity index is 589. The molecule has 0 aliphatic carbocycles. The van der Waals surface area contributed by atoms with Gasteiger partial charge < -0.3 is 5.11 Å². The van der Waals surface area contributed by atoms with Crippen molar-refractivity contribution in [1.82, 2.24) is 4.31 Å². The molecule has 0 unspecified atom stereocenters. The Morgan fingerprint density at radius 3 is 2.65 bits per heavy atom. The lowest BCUT2D eigenvalue weighted by Crippen LogP contribution is -2.34. The quantitative estimate of drug-likeness (QED) is 0.775. The van der Waals surface area contributed by atoms with E-state index in [0.717, 1.165) is 14.3 Å². The number of nitrogens with zero attached hydrogens (tertiary/aromatic N) is 1. The Kier molecular flexibility index (Phi) is 5.97. The average Bonchev–Trinajstić information content (AvgIpc) is 2.37. The van der Waals surface area contributed by atoms with Gasteiger partial charge in [-0.25, -0.2) is 0 Å². The molecule has 0 aliphatic rings. The highest BCUT2D eigenvalue weighted by Gasteiger charge is 2.19. The van der Waals surface area contributed by atoms with Crippen molar-refractivity contribution in [2.75, 3.05) is 18.3 Å². The number of anilines is 1. The number of carboxylic acids is 1. The van der Waals surface area contributed by atoms with Crippen LogP contribution in [0.5, 0.6) is 0 Å². The number of nitrogens with one attached hydrogen (secondary N) is 1. The fourth-order valence-corrected chi connectivity index (χ4v) is 2.92. The molecule has 1 rings (SSSR count). The van der Waals surface area contributed by atoms with Crippen molar-refractivity contribution in [1.29, 1.82) is 0 Å². The second-order valence-electron chi connectivity index (χ2n) is 4.23. The third-order valence-corrected chi connectivity index (χ3v) is 4.71. The van der Waals surface area contributed by atoms with E-state index in [1.54, 1.807) is 12.1 Å². The Hall–Kier alpha value is -1.12. The first kappa shape index (κ1) is 16.9. The molecular weight excluding hydrogens is 348 g/mol. The number of carboxylic acid groups (broad SMARTS) is 1. The molecule has 6 nitrogen and oxygen atoms in total. The lowest BCUT2D eigenvalue weighted by atomic mass is 10.1. The van der Waals surface area contributed by atoms with Crippen LogP contribution in [0, 0.1) is 0 Å². The first-order valence-electron chi connectivity index (χ1n) is 6.00. The van der Waals surface area contributed by atoms with Crippen molar-refractivity contribution in [2.24, 2.45) is 0 Å². The fourth-order valence-electron chi connectivity index (χ4n) is 1.54. The molecule has 2 N–H and O–H groups in total. The van der Waals surface area contributed by atoms with Crippen LogP contribution in [0.3, 0.4) is 0 Å². The van der Waals surface area contributed by atoms with Crippen molar-refractivity contribution in [3.8, 4) is 0 Å². The molecule has 1 aromatic rings. The van der Waals surface area contributed by atoms with Gasteiger partial charge in [0.2, 0.25) is 0 Å². The standard InChI is InChI=1S/C12H17BrN2O4S/c1-3-9-8-10(13)4-5-11(9)14-20(18,19)15(2)7-6-12(16)17/h4-5,8,14H,3,6-7H2,1-2H3,(H,16,17). The van der Waals surface area contributed by atoms with Crippen molar-refractivity contribution in [2.45, 2.75) is 19.8 Å². The summed E-state index contributed by atoms with van der Waals surface area (Å²) in [7, 11) is -2.41. The number of hydrogen-bond acceptors (Lipinski definition) is 3. The zero-order valence-corrected chi connectivity index (χ0v) is 13.7. The van der Waals surface area contributed by atoms with Gasteiger partial charge in [-0.3, -0.25) is 9.52 Å². The monoisotopic (exact) mass is 364 g/mol. The first-order valence-corrected chi connectivity index (χ1v) is 8.24. The Labute approximate surface area is 127 Å². The second kappa shape index (κ2) is 7.05. The highest BCUT2D eigenvalue weighted by Crippen LogP contribution is 2.23. The highest BCUT2D eigenvalue weighted by atomic mass is 79.9. The predicted molar refractivity (Wildman–Crippen MR) is 80.9 cm³/mol. The number of aryl methyl sites for hydroxylation is 1. The third-order valence-electron chi connectivity index (χ3n) is 2.74. The van der Waals surface area contributed by atoms with Gasteiger partial charge in [-0.1, -0.05) is 22.9 Å². The summed E-state index contributed by atoms with van der Waals surface area (Å²) in [4.78, 5) is 10.5. The van der Waals surface area contributed by atoms with E-state index in [0.29, 0.717) is 12.1 Å². The predicted octanol–water partition coefficient (Wildman–Crippen LogP) is 2.07. The molecule has 0 aromatic heterocycles. The van der Waals surface area contributed by atoms with Gasteiger partial charge in [0, 0.05) is 18.1 Å². The van der Waals surface area contributed by atoms with Crippen LogP contribution in [0.2, 0.25) is 0 Å². The normalized spacial score (nSPS) is 11.6. The molecule has 0 atom stereocenters. The maximum absolute atomic E-state index is 12.1. The molecule has 1 aromatic carbocycles. The van der Waals surface area contributed by atoms with Crippen molar-refractivity contribution in [3.63, 3.8) is 0 Å². The lowest BCUT2D eigenvalue weighted by molar-refractivity contribution is -0.137. The van der Waals surface area contributed by atoms with Crippen molar-refractivity contribution >= 4 is 37.8 Å². The molecule has 0 bridgehead atoms. The minimum Gasteiger partial charge on any atom is -0.481 e. The van der Waals surface area contributed by atoms with Gasteiger partial charge >= 0.3 is 16.2 Å². The summed E-state index contributed by atoms with van der Waals surface area (Å²) in [5.74, 6) is -1.04. The summed E-state index contributed by atoms with van der Waals surface area (Å²) in [6.07, 6.45) is 0.439. The molecule has 0 radical (unpaired) electrons. The van der Waals surface area contributed by atoms with E-state index in [-0.39, 0.29) is 13.0 Å². The van der Waals surface area contributed by atoms with Gasteiger partial charge in [0.15, 0.2) is 0 Å². The van der Waals surface area contributed by atoms with E-state index in [9.17, 15) is 13.2 Å². The number of benzene rings is 1. The SMILES string of the molecule is CCc1cc(Br)ccc1NS(=O)(=O)N(C)CCC(=O)O. The molecule has 0 saturated carbocycles. The van der Waals surface area contributed by atoms with Gasteiger partial charge in [0.05, 0.1) is 12.1 Å². The number of aliphatic carboxylic acids is 1. The molecule has 8 heteroatoms. The summed E-state index contributed by atoms with van der Waals surface area (Å²) in [6.45, 7) is 1.84. The summed E-state index contributed by atoms with van der Waals surface area (Å²) >= 11 is 3.33. The van der Waals surface area contributed by atoms with Crippen LogP contribution in [-0.2, 0) is 21.4 Å². The van der Waals surface area contributed by atoms with E-state index in [2.05, 4.69) is 20.7 Å². The van der Waals surface area contributed by atoms with Gasteiger partial charge in [-0.05, 0) is 30.2 Å². The smallest absolute Gasteiger partial charge is 0.304 e. The molecule has 0 spiro atoms. The van der Waals surface area contributed by atoms with E-state index < -0.39 is 16.2 Å². The minimum absolute atomic E-state index is 0.0807. The summed E-state index contributed by atoms with van der Waals surface area (Å²) in [6, 6.07) is 5.26. The molecule has 112 valence electrons. The first-order chi connectivity index (χ1) is 9.26. The van der Waals surface area contributed by atoms with Gasteiger partial charge in [-0.2, -0.15) is 12.7 Å². The van der Waals surface area contributed by atoms with Crippen LogP contribution in [0.4, 0.5) is 5.69 Å². The van der Waals surface area contributed by atoms with Crippen LogP contribution in [0.1, 0.15) is 18.9 Å². The zero-order valence-electron chi connectivity index (χ0n) is 11.3. The van der Waals surface area contributed by atoms with Crippen molar-refractivity contribution in [3.05, 3.63) is 28.2 Å². The number of rotatable bonds is 7. The van der Waals surface area contributed by atoms with Gasteiger partial charge in [0.25, 0.3) is 0 Å². The largest absolute Gasteiger partial charge is 0.481 e. The van der Waals surface area contributed by atoms with Crippen LogP contribution in [-0.4, -0.2) is 37.4 Å². The highest BCUT2D eigenvalue weighted by molar-refractivity contribution is 9.10. The third kappa shape index (κ3) is 4.77. The van der Waals surface area contributed by atoms with E-state index in [1.165, 1.54) is 7.05 Å². The van der Waals surface area contributed by atoms with Crippen molar-refractivity contribution < 1.29 is 18.3 Å². The molecular formula is C12H17BrN2O4S. The van der Waals surface area contributed by atoms with Crippen LogP contribution in [0.25, 0.3) is 0 Å². The average molecular weight is 365 g/mol. The molecule has 0 aliphatic heterocycles. The van der Waals surface area contributed by atoms with Crippen LogP contribution < -0.4 is 4.72 Å². The minimum atomic E-state index is -3.75. The van der Waals surface area contributed by atoms with E-state index in [4.69, 9.17) is 5.11 Å². The maximum Gasteiger partial charge on any atom is 0.304 e. The van der Waals surface area contributed by atoms with E-state index in [1.807, 2.05) is 13.0 Å². The van der Waals surface area contributed by atoms with Crippen LogP contribution in [0.15, 0.2) is 22.7 Å². The van der Waals surface area contributed by atoms with E-state index >= 15 is 0 Å².